The van der Waals surface area contributed by atoms with Crippen molar-refractivity contribution in [1.29, 1.82) is 0 Å². The molecule has 1 saturated carbocycles. The Labute approximate surface area is 204 Å². The Morgan fingerprint density at radius 1 is 1.15 bits per heavy atom. The number of carbonyl (C=O) groups excluding carboxylic acids is 1. The summed E-state index contributed by atoms with van der Waals surface area (Å²) in [5.41, 5.74) is 0.210. The number of amides is 1. The van der Waals surface area contributed by atoms with E-state index >= 15 is 0 Å². The largest absolute Gasteiger partial charge is 0.363 e. The van der Waals surface area contributed by atoms with Gasteiger partial charge in [0.05, 0.1) is 6.10 Å². The molecule has 1 saturated heterocycles. The third-order valence-corrected chi connectivity index (χ3v) is 7.34. The molecule has 192 valence electrons. The minimum absolute atomic E-state index is 0.00674. The summed E-state index contributed by atoms with van der Waals surface area (Å²) in [6.07, 6.45) is 8.96. The smallest absolute Gasteiger partial charge is 0.246 e. The van der Waals surface area contributed by atoms with E-state index in [1.165, 1.54) is 44.6 Å². The van der Waals surface area contributed by atoms with Gasteiger partial charge in [0, 0.05) is 36.7 Å². The van der Waals surface area contributed by atoms with Gasteiger partial charge in [0.1, 0.15) is 6.61 Å². The molecule has 0 aromatic heterocycles. The van der Waals surface area contributed by atoms with Crippen molar-refractivity contribution in [1.82, 2.24) is 15.5 Å². The van der Waals surface area contributed by atoms with Crippen LogP contribution < -0.4 is 10.6 Å². The second-order valence-electron chi connectivity index (χ2n) is 10.4. The molecule has 2 fully saturated rings. The molecule has 1 aliphatic heterocycles. The van der Waals surface area contributed by atoms with Crippen molar-refractivity contribution in [3.05, 3.63) is 35.4 Å². The van der Waals surface area contributed by atoms with Gasteiger partial charge in [-0.1, -0.05) is 44.2 Å². The highest BCUT2D eigenvalue weighted by Crippen LogP contribution is 2.36. The number of likely N-dealkylation sites (N-methyl/N-ethyl adjacent to an activating group) is 1. The van der Waals surface area contributed by atoms with Gasteiger partial charge < -0.3 is 15.4 Å². The van der Waals surface area contributed by atoms with Gasteiger partial charge in [-0.15, -0.1) is 0 Å². The molecule has 7 heteroatoms. The van der Waals surface area contributed by atoms with E-state index < -0.39 is 17.7 Å². The average Bonchev–Trinajstić information content (AvgIpc) is 2.82. The minimum atomic E-state index is -0.879. The lowest BCUT2D eigenvalue weighted by atomic mass is 9.83. The molecule has 1 aromatic carbocycles. The van der Waals surface area contributed by atoms with E-state index in [4.69, 9.17) is 4.74 Å². The summed E-state index contributed by atoms with van der Waals surface area (Å²) >= 11 is 0. The average molecular weight is 480 g/mol. The fraction of sp³-hybridized carbons (Fsp3) is 0.741. The number of likely N-dealkylation sites (tertiary alicyclic amines) is 1. The molecule has 1 aliphatic carbocycles. The molecule has 2 aliphatic rings. The van der Waals surface area contributed by atoms with Gasteiger partial charge in [-0.3, -0.25) is 9.69 Å². The van der Waals surface area contributed by atoms with Gasteiger partial charge in [-0.2, -0.15) is 0 Å². The first-order valence-corrected chi connectivity index (χ1v) is 13.1. The van der Waals surface area contributed by atoms with E-state index in [0.29, 0.717) is 6.04 Å². The first kappa shape index (κ1) is 27.0. The van der Waals surface area contributed by atoms with E-state index in [1.54, 1.807) is 6.07 Å². The SMILES string of the molecule is CNCC(CC1CCCCC1)N1CCCC([C@@H](OCC(=O)NC(C)C)c2cccc(F)c2F)C1. The van der Waals surface area contributed by atoms with Crippen LogP contribution in [-0.4, -0.2) is 56.2 Å². The van der Waals surface area contributed by atoms with Gasteiger partial charge in [0.25, 0.3) is 0 Å². The number of piperidine rings is 1. The summed E-state index contributed by atoms with van der Waals surface area (Å²) in [6.45, 7) is 6.27. The number of hydrogen-bond acceptors (Lipinski definition) is 4. The molecule has 0 bridgehead atoms. The highest BCUT2D eigenvalue weighted by molar-refractivity contribution is 5.77. The second kappa shape index (κ2) is 13.5. The predicted molar refractivity (Wildman–Crippen MR) is 132 cm³/mol. The lowest BCUT2D eigenvalue weighted by molar-refractivity contribution is -0.130. The van der Waals surface area contributed by atoms with Gasteiger partial charge in [-0.25, -0.2) is 8.78 Å². The van der Waals surface area contributed by atoms with Gasteiger partial charge in [0.15, 0.2) is 11.6 Å². The lowest BCUT2D eigenvalue weighted by Gasteiger charge is -2.42. The highest BCUT2D eigenvalue weighted by atomic mass is 19.2. The van der Waals surface area contributed by atoms with Crippen LogP contribution >= 0.6 is 0 Å². The van der Waals surface area contributed by atoms with Gasteiger partial charge >= 0.3 is 0 Å². The van der Waals surface area contributed by atoms with Crippen molar-refractivity contribution in [2.24, 2.45) is 11.8 Å². The number of halogens is 2. The van der Waals surface area contributed by atoms with Crippen molar-refractivity contribution in [3.63, 3.8) is 0 Å². The lowest BCUT2D eigenvalue weighted by Crippen LogP contribution is -2.49. The molecule has 2 unspecified atom stereocenters. The van der Waals surface area contributed by atoms with Crippen molar-refractivity contribution >= 4 is 5.91 Å². The summed E-state index contributed by atoms with van der Waals surface area (Å²) in [5, 5.41) is 6.19. The number of carbonyl (C=O) groups is 1. The van der Waals surface area contributed by atoms with Crippen LogP contribution in [-0.2, 0) is 9.53 Å². The molecule has 2 N–H and O–H groups in total. The molecule has 3 atom stereocenters. The molecular formula is C27H43F2N3O2. The normalized spacial score (nSPS) is 22.0. The third kappa shape index (κ3) is 7.72. The molecule has 1 heterocycles. The fourth-order valence-corrected chi connectivity index (χ4v) is 5.77. The Bertz CT molecular complexity index is 770. The first-order valence-electron chi connectivity index (χ1n) is 13.1. The van der Waals surface area contributed by atoms with E-state index in [1.807, 2.05) is 20.9 Å². The Morgan fingerprint density at radius 3 is 2.62 bits per heavy atom. The number of benzene rings is 1. The fourth-order valence-electron chi connectivity index (χ4n) is 5.77. The Hall–Kier alpha value is -1.57. The predicted octanol–water partition coefficient (Wildman–Crippen LogP) is 4.82. The summed E-state index contributed by atoms with van der Waals surface area (Å²) in [4.78, 5) is 14.8. The molecule has 1 aromatic rings. The summed E-state index contributed by atoms with van der Waals surface area (Å²) < 4.78 is 35.0. The quantitative estimate of drug-likeness (QED) is 0.478. The zero-order valence-electron chi connectivity index (χ0n) is 21.1. The maximum atomic E-state index is 14.8. The van der Waals surface area contributed by atoms with Crippen LogP contribution in [0.15, 0.2) is 18.2 Å². The second-order valence-corrected chi connectivity index (χ2v) is 10.4. The Balaban J connectivity index is 1.75. The Morgan fingerprint density at radius 2 is 1.91 bits per heavy atom. The van der Waals surface area contributed by atoms with Crippen LogP contribution in [0.3, 0.4) is 0 Å². The summed E-state index contributed by atoms with van der Waals surface area (Å²) in [6, 6.07) is 4.65. The highest BCUT2D eigenvalue weighted by Gasteiger charge is 2.35. The van der Waals surface area contributed by atoms with Crippen LogP contribution in [0.1, 0.15) is 76.9 Å². The standard InChI is InChI=1S/C27H43F2N3O2/c1-19(2)31-25(33)18-34-27(23-12-7-13-24(28)26(23)29)21-11-8-14-32(17-21)22(16-30-3)15-20-9-5-4-6-10-20/h7,12-13,19-22,27,30H,4-6,8-11,14-18H2,1-3H3,(H,31,33)/t21?,22?,27-/m1/s1. The van der Waals surface area contributed by atoms with Gasteiger partial charge in [-0.05, 0) is 58.7 Å². The van der Waals surface area contributed by atoms with Crippen molar-refractivity contribution in [3.8, 4) is 0 Å². The van der Waals surface area contributed by atoms with Crippen LogP contribution in [0.5, 0.6) is 0 Å². The third-order valence-electron chi connectivity index (χ3n) is 7.34. The minimum Gasteiger partial charge on any atom is -0.363 e. The molecule has 0 spiro atoms. The van der Waals surface area contributed by atoms with Crippen LogP contribution in [0.4, 0.5) is 8.78 Å². The Kier molecular flexibility index (Phi) is 10.7. The van der Waals surface area contributed by atoms with E-state index in [2.05, 4.69) is 15.5 Å². The number of rotatable bonds is 11. The molecule has 34 heavy (non-hydrogen) atoms. The number of ether oxygens (including phenoxy) is 1. The number of nitrogens with one attached hydrogen (secondary N) is 2. The van der Waals surface area contributed by atoms with E-state index in [0.717, 1.165) is 44.5 Å². The summed E-state index contributed by atoms with van der Waals surface area (Å²) in [7, 11) is 2.00. The molecule has 0 radical (unpaired) electrons. The molecule has 1 amide bonds. The number of nitrogens with zero attached hydrogens (tertiary/aromatic N) is 1. The topological polar surface area (TPSA) is 53.6 Å². The van der Waals surface area contributed by atoms with Crippen LogP contribution in [0.25, 0.3) is 0 Å². The summed E-state index contributed by atoms with van der Waals surface area (Å²) in [5.74, 6) is -1.24. The van der Waals surface area contributed by atoms with Crippen molar-refractivity contribution in [2.75, 3.05) is 33.3 Å². The van der Waals surface area contributed by atoms with E-state index in [-0.39, 0.29) is 30.0 Å². The molecule has 5 nitrogen and oxygen atoms in total. The van der Waals surface area contributed by atoms with Crippen LogP contribution in [0, 0.1) is 23.5 Å². The first-order chi connectivity index (χ1) is 16.4. The number of hydrogen-bond donors (Lipinski definition) is 2. The van der Waals surface area contributed by atoms with Crippen LogP contribution in [0.2, 0.25) is 0 Å². The van der Waals surface area contributed by atoms with Crippen molar-refractivity contribution in [2.45, 2.75) is 83.4 Å². The monoisotopic (exact) mass is 479 g/mol. The zero-order valence-corrected chi connectivity index (χ0v) is 21.1. The molecular weight excluding hydrogens is 436 g/mol. The van der Waals surface area contributed by atoms with Gasteiger partial charge in [0.2, 0.25) is 5.91 Å². The zero-order chi connectivity index (χ0) is 24.5. The van der Waals surface area contributed by atoms with Crippen molar-refractivity contribution < 1.29 is 18.3 Å². The maximum Gasteiger partial charge on any atom is 0.246 e. The molecule has 3 rings (SSSR count). The maximum absolute atomic E-state index is 14.8. The van der Waals surface area contributed by atoms with E-state index in [9.17, 15) is 13.6 Å².